The van der Waals surface area contributed by atoms with Crippen molar-refractivity contribution >= 4 is 23.3 Å². The van der Waals surface area contributed by atoms with Crippen LogP contribution in [0.1, 0.15) is 24.8 Å². The number of rotatable bonds is 4. The molecule has 1 aliphatic rings. The van der Waals surface area contributed by atoms with Crippen molar-refractivity contribution in [3.63, 3.8) is 0 Å². The Morgan fingerprint density at radius 2 is 2.28 bits per heavy atom. The van der Waals surface area contributed by atoms with Gasteiger partial charge in [-0.3, -0.25) is 0 Å². The van der Waals surface area contributed by atoms with Crippen molar-refractivity contribution in [2.45, 2.75) is 31.3 Å². The lowest BCUT2D eigenvalue weighted by atomic mass is 9.77. The summed E-state index contributed by atoms with van der Waals surface area (Å²) in [6.07, 6.45) is 1.88. The zero-order chi connectivity index (χ0) is 13.2. The fourth-order valence-electron chi connectivity index (χ4n) is 1.95. The third-order valence-corrected chi connectivity index (χ3v) is 4.04. The predicted octanol–water partition coefficient (Wildman–Crippen LogP) is 1.90. The third kappa shape index (κ3) is 2.48. The normalized spacial score (nSPS) is 16.7. The van der Waals surface area contributed by atoms with Crippen LogP contribution < -0.4 is 5.32 Å². The number of amides is 2. The lowest BCUT2D eigenvalue weighted by Crippen LogP contribution is -2.61. The van der Waals surface area contributed by atoms with Crippen LogP contribution in [-0.2, 0) is 11.3 Å². The Balaban J connectivity index is 1.93. The molecule has 5 nitrogen and oxygen atoms in total. The average Bonchev–Trinajstić information content (AvgIpc) is 2.75. The van der Waals surface area contributed by atoms with E-state index in [-0.39, 0.29) is 6.03 Å². The van der Waals surface area contributed by atoms with Gasteiger partial charge in [-0.25, -0.2) is 9.59 Å². The van der Waals surface area contributed by atoms with E-state index in [1.165, 1.54) is 4.90 Å². The van der Waals surface area contributed by atoms with E-state index in [4.69, 9.17) is 5.11 Å². The molecule has 0 radical (unpaired) electrons. The molecule has 2 N–H and O–H groups in total. The van der Waals surface area contributed by atoms with Crippen molar-refractivity contribution in [3.05, 3.63) is 22.4 Å². The molecule has 6 heteroatoms. The molecule has 1 heterocycles. The number of carboxylic acid groups (broad SMARTS) is 1. The van der Waals surface area contributed by atoms with Crippen molar-refractivity contribution in [3.8, 4) is 0 Å². The van der Waals surface area contributed by atoms with E-state index in [2.05, 4.69) is 5.32 Å². The van der Waals surface area contributed by atoms with Crippen LogP contribution in [0.5, 0.6) is 0 Å². The van der Waals surface area contributed by atoms with E-state index in [9.17, 15) is 9.59 Å². The van der Waals surface area contributed by atoms with Crippen LogP contribution in [0.2, 0.25) is 0 Å². The van der Waals surface area contributed by atoms with Gasteiger partial charge in [0.05, 0.1) is 0 Å². The first-order chi connectivity index (χ1) is 8.53. The van der Waals surface area contributed by atoms with Crippen LogP contribution in [0.4, 0.5) is 4.79 Å². The summed E-state index contributed by atoms with van der Waals surface area (Å²) >= 11 is 1.57. The summed E-state index contributed by atoms with van der Waals surface area (Å²) in [4.78, 5) is 24.6. The van der Waals surface area contributed by atoms with Crippen LogP contribution in [0.15, 0.2) is 16.8 Å². The van der Waals surface area contributed by atoms with Crippen LogP contribution in [0, 0.1) is 0 Å². The first-order valence-corrected chi connectivity index (χ1v) is 6.75. The Morgan fingerprint density at radius 1 is 1.56 bits per heavy atom. The quantitative estimate of drug-likeness (QED) is 0.876. The molecule has 0 unspecified atom stereocenters. The molecular weight excluding hydrogens is 252 g/mol. The van der Waals surface area contributed by atoms with Crippen LogP contribution in [0.3, 0.4) is 0 Å². The summed E-state index contributed by atoms with van der Waals surface area (Å²) in [5, 5.41) is 15.7. The van der Waals surface area contributed by atoms with Crippen molar-refractivity contribution in [1.82, 2.24) is 10.2 Å². The van der Waals surface area contributed by atoms with Crippen molar-refractivity contribution in [1.29, 1.82) is 0 Å². The maximum atomic E-state index is 11.9. The summed E-state index contributed by atoms with van der Waals surface area (Å²) in [6.45, 7) is 0.491. The van der Waals surface area contributed by atoms with Gasteiger partial charge >= 0.3 is 12.0 Å². The van der Waals surface area contributed by atoms with Gasteiger partial charge in [0.15, 0.2) is 0 Å². The molecule has 0 atom stereocenters. The van der Waals surface area contributed by atoms with Crippen molar-refractivity contribution < 1.29 is 14.7 Å². The summed E-state index contributed by atoms with van der Waals surface area (Å²) < 4.78 is 0. The number of thiophene rings is 1. The number of aliphatic carboxylic acids is 1. The summed E-state index contributed by atoms with van der Waals surface area (Å²) in [5.41, 5.74) is 0.00984. The van der Waals surface area contributed by atoms with Gasteiger partial charge in [-0.05, 0) is 41.7 Å². The highest BCUT2D eigenvalue weighted by Gasteiger charge is 2.46. The number of nitrogens with zero attached hydrogens (tertiary/aromatic N) is 1. The highest BCUT2D eigenvalue weighted by atomic mass is 32.1. The first-order valence-electron chi connectivity index (χ1n) is 5.81. The lowest BCUT2D eigenvalue weighted by molar-refractivity contribution is -0.148. The van der Waals surface area contributed by atoms with Gasteiger partial charge < -0.3 is 15.3 Å². The molecule has 1 aromatic heterocycles. The van der Waals surface area contributed by atoms with Crippen LogP contribution in [0.25, 0.3) is 0 Å². The molecule has 2 amide bonds. The number of nitrogens with one attached hydrogen (secondary N) is 1. The maximum absolute atomic E-state index is 11.9. The predicted molar refractivity (Wildman–Crippen MR) is 68.5 cm³/mol. The van der Waals surface area contributed by atoms with Crippen molar-refractivity contribution in [2.24, 2.45) is 0 Å². The molecular formula is C12H16N2O3S. The number of urea groups is 1. The van der Waals surface area contributed by atoms with Gasteiger partial charge in [0.2, 0.25) is 0 Å². The molecule has 0 aliphatic heterocycles. The lowest BCUT2D eigenvalue weighted by Gasteiger charge is -2.39. The number of hydrogen-bond donors (Lipinski definition) is 2. The van der Waals surface area contributed by atoms with E-state index in [1.54, 1.807) is 18.4 Å². The number of hydrogen-bond acceptors (Lipinski definition) is 3. The zero-order valence-electron chi connectivity index (χ0n) is 10.2. The number of carbonyl (C=O) groups is 2. The maximum Gasteiger partial charge on any atom is 0.329 e. The fraction of sp³-hybridized carbons (Fsp3) is 0.500. The zero-order valence-corrected chi connectivity index (χ0v) is 11.0. The average molecular weight is 268 g/mol. The topological polar surface area (TPSA) is 69.6 Å². The van der Waals surface area contributed by atoms with Crippen LogP contribution >= 0.6 is 11.3 Å². The summed E-state index contributed by atoms with van der Waals surface area (Å²) in [7, 11) is 1.67. The molecule has 0 spiro atoms. The van der Waals surface area contributed by atoms with Gasteiger partial charge in [-0.1, -0.05) is 0 Å². The first kappa shape index (κ1) is 12.9. The number of carboxylic acids is 1. The summed E-state index contributed by atoms with van der Waals surface area (Å²) in [5.74, 6) is -0.939. The second-order valence-corrected chi connectivity index (χ2v) is 5.44. The van der Waals surface area contributed by atoms with Crippen LogP contribution in [-0.4, -0.2) is 34.6 Å². The standard InChI is InChI=1S/C12H16N2O3S/c1-14(7-9-3-6-18-8-9)11(17)13-12(10(15)16)4-2-5-12/h3,6,8H,2,4-5,7H2,1H3,(H,13,17)(H,15,16). The number of carbonyl (C=O) groups excluding carboxylic acids is 1. The van der Waals surface area contributed by atoms with Gasteiger partial charge in [-0.2, -0.15) is 11.3 Å². The fourth-order valence-corrected chi connectivity index (χ4v) is 2.61. The third-order valence-electron chi connectivity index (χ3n) is 3.31. The molecule has 98 valence electrons. The molecule has 1 fully saturated rings. The monoisotopic (exact) mass is 268 g/mol. The molecule has 0 saturated heterocycles. The largest absolute Gasteiger partial charge is 0.480 e. The highest BCUT2D eigenvalue weighted by molar-refractivity contribution is 7.07. The molecule has 1 aliphatic carbocycles. The van der Waals surface area contributed by atoms with Gasteiger partial charge in [-0.15, -0.1) is 0 Å². The molecule has 18 heavy (non-hydrogen) atoms. The minimum absolute atomic E-state index is 0.330. The molecule has 1 aromatic rings. The smallest absolute Gasteiger partial charge is 0.329 e. The minimum atomic E-state index is -1.04. The Labute approximate surface area is 109 Å². The van der Waals surface area contributed by atoms with Gasteiger partial charge in [0, 0.05) is 13.6 Å². The van der Waals surface area contributed by atoms with E-state index < -0.39 is 11.5 Å². The van der Waals surface area contributed by atoms with Gasteiger partial charge in [0.25, 0.3) is 0 Å². The second-order valence-electron chi connectivity index (χ2n) is 4.66. The molecule has 0 bridgehead atoms. The molecule has 0 aromatic carbocycles. The van der Waals surface area contributed by atoms with Gasteiger partial charge in [0.1, 0.15) is 5.54 Å². The summed E-state index contributed by atoms with van der Waals surface area (Å²) in [6, 6.07) is 1.62. The van der Waals surface area contributed by atoms with E-state index >= 15 is 0 Å². The SMILES string of the molecule is CN(Cc1ccsc1)C(=O)NC1(C(=O)O)CCC1. The molecule has 1 saturated carbocycles. The Hall–Kier alpha value is -1.56. The molecule has 2 rings (SSSR count). The van der Waals surface area contributed by atoms with E-state index in [0.29, 0.717) is 19.4 Å². The van der Waals surface area contributed by atoms with E-state index in [1.807, 2.05) is 16.8 Å². The van der Waals surface area contributed by atoms with E-state index in [0.717, 1.165) is 12.0 Å². The highest BCUT2D eigenvalue weighted by Crippen LogP contribution is 2.32. The second kappa shape index (κ2) is 4.97. The van der Waals surface area contributed by atoms with Crippen molar-refractivity contribution in [2.75, 3.05) is 7.05 Å². The Morgan fingerprint density at radius 3 is 2.72 bits per heavy atom. The Kier molecular flexibility index (Phi) is 3.56. The Bertz CT molecular complexity index is 440. The minimum Gasteiger partial charge on any atom is -0.480 e.